The molecule has 2 aromatic carbocycles. The van der Waals surface area contributed by atoms with Crippen molar-refractivity contribution in [3.63, 3.8) is 0 Å². The minimum atomic E-state index is -0.122. The third kappa shape index (κ3) is 8.74. The van der Waals surface area contributed by atoms with E-state index in [9.17, 15) is 0 Å². The van der Waals surface area contributed by atoms with E-state index in [0.717, 1.165) is 28.2 Å². The predicted octanol–water partition coefficient (Wildman–Crippen LogP) is 5.35. The van der Waals surface area contributed by atoms with E-state index in [1.165, 1.54) is 0 Å². The van der Waals surface area contributed by atoms with Crippen LogP contribution >= 0.6 is 0 Å². The standard InChI is InChI=1S/C26H36O5/c1-26(2,3)24(20-30-17-16-29-15-14-27-4)25(28-5)22-12-9-13-23(18-22)31-19-21-10-7-6-8-11-21/h6-13,18H,14-17,19-20H2,1-5H3. The normalized spacial score (nSPS) is 12.4. The molecule has 0 aliphatic heterocycles. The molecule has 0 saturated heterocycles. The lowest BCUT2D eigenvalue weighted by atomic mass is 9.84. The lowest BCUT2D eigenvalue weighted by Gasteiger charge is -2.26. The van der Waals surface area contributed by atoms with Crippen LogP contribution in [-0.4, -0.2) is 47.3 Å². The summed E-state index contributed by atoms with van der Waals surface area (Å²) in [7, 11) is 3.36. The summed E-state index contributed by atoms with van der Waals surface area (Å²) < 4.78 is 28.2. The van der Waals surface area contributed by atoms with Crippen LogP contribution in [0.4, 0.5) is 0 Å². The zero-order chi connectivity index (χ0) is 22.5. The molecule has 0 N–H and O–H groups in total. The van der Waals surface area contributed by atoms with Crippen molar-refractivity contribution in [2.45, 2.75) is 27.4 Å². The molecule has 0 saturated carbocycles. The van der Waals surface area contributed by atoms with Gasteiger partial charge in [0.15, 0.2) is 0 Å². The molecule has 0 heterocycles. The second kappa shape index (κ2) is 13.2. The summed E-state index contributed by atoms with van der Waals surface area (Å²) in [5, 5.41) is 0. The molecule has 2 rings (SSSR count). The van der Waals surface area contributed by atoms with Crippen LogP contribution in [0.2, 0.25) is 0 Å². The fourth-order valence-corrected chi connectivity index (χ4v) is 3.04. The lowest BCUT2D eigenvalue weighted by molar-refractivity contribution is 0.0278. The van der Waals surface area contributed by atoms with Crippen molar-refractivity contribution < 1.29 is 23.7 Å². The minimum absolute atomic E-state index is 0.122. The number of hydrogen-bond donors (Lipinski definition) is 0. The van der Waals surface area contributed by atoms with Crippen molar-refractivity contribution in [3.05, 3.63) is 71.3 Å². The maximum atomic E-state index is 6.00. The summed E-state index contributed by atoms with van der Waals surface area (Å²) in [4.78, 5) is 0. The Hall–Kier alpha value is -2.34. The van der Waals surface area contributed by atoms with Crippen molar-refractivity contribution >= 4 is 5.76 Å². The van der Waals surface area contributed by atoms with Gasteiger partial charge in [-0.25, -0.2) is 0 Å². The number of methoxy groups -OCH3 is 2. The van der Waals surface area contributed by atoms with Gasteiger partial charge in [0.05, 0.1) is 40.1 Å². The number of hydrogen-bond acceptors (Lipinski definition) is 5. The first-order valence-electron chi connectivity index (χ1n) is 10.6. The molecular formula is C26H36O5. The van der Waals surface area contributed by atoms with E-state index in [0.29, 0.717) is 39.6 Å². The van der Waals surface area contributed by atoms with E-state index in [1.54, 1.807) is 14.2 Å². The van der Waals surface area contributed by atoms with Crippen molar-refractivity contribution in [1.29, 1.82) is 0 Å². The first-order valence-corrected chi connectivity index (χ1v) is 10.6. The Bertz CT molecular complexity index is 793. The third-order valence-corrected chi connectivity index (χ3v) is 4.78. The van der Waals surface area contributed by atoms with Gasteiger partial charge in [-0.3, -0.25) is 0 Å². The summed E-state index contributed by atoms with van der Waals surface area (Å²) in [5.74, 6) is 1.62. The van der Waals surface area contributed by atoms with Gasteiger partial charge in [0, 0.05) is 18.2 Å². The minimum Gasteiger partial charge on any atom is -0.496 e. The largest absolute Gasteiger partial charge is 0.496 e. The number of rotatable bonds is 13. The molecule has 0 amide bonds. The molecule has 5 heteroatoms. The molecule has 0 fully saturated rings. The van der Waals surface area contributed by atoms with Crippen LogP contribution in [0.3, 0.4) is 0 Å². The molecule has 0 spiro atoms. The monoisotopic (exact) mass is 428 g/mol. The number of ether oxygens (including phenoxy) is 5. The highest BCUT2D eigenvalue weighted by Crippen LogP contribution is 2.34. The smallest absolute Gasteiger partial charge is 0.128 e. The summed E-state index contributed by atoms with van der Waals surface area (Å²) in [6.45, 7) is 9.68. The van der Waals surface area contributed by atoms with Gasteiger partial charge in [0.2, 0.25) is 0 Å². The molecular weight excluding hydrogens is 392 g/mol. The molecule has 0 bridgehead atoms. The summed E-state index contributed by atoms with van der Waals surface area (Å²) in [6, 6.07) is 18.1. The zero-order valence-corrected chi connectivity index (χ0v) is 19.5. The topological polar surface area (TPSA) is 46.2 Å². The lowest BCUT2D eigenvalue weighted by Crippen LogP contribution is -2.19. The van der Waals surface area contributed by atoms with Crippen LogP contribution in [0.5, 0.6) is 5.75 Å². The van der Waals surface area contributed by atoms with E-state index in [-0.39, 0.29) is 5.41 Å². The van der Waals surface area contributed by atoms with E-state index in [4.69, 9.17) is 23.7 Å². The molecule has 0 aliphatic carbocycles. The van der Waals surface area contributed by atoms with Gasteiger partial charge in [0.25, 0.3) is 0 Å². The Kier molecular flexibility index (Phi) is 10.6. The fourth-order valence-electron chi connectivity index (χ4n) is 3.04. The molecule has 170 valence electrons. The van der Waals surface area contributed by atoms with Crippen LogP contribution in [0, 0.1) is 5.41 Å². The van der Waals surface area contributed by atoms with Crippen LogP contribution in [0.15, 0.2) is 60.2 Å². The van der Waals surface area contributed by atoms with Crippen LogP contribution in [0.25, 0.3) is 5.76 Å². The Morgan fingerprint density at radius 1 is 0.806 bits per heavy atom. The van der Waals surface area contributed by atoms with Gasteiger partial charge in [0.1, 0.15) is 18.1 Å². The summed E-state index contributed by atoms with van der Waals surface area (Å²) in [5.41, 5.74) is 3.07. The third-order valence-electron chi connectivity index (χ3n) is 4.78. The molecule has 0 radical (unpaired) electrons. The Balaban J connectivity index is 2.10. The zero-order valence-electron chi connectivity index (χ0n) is 19.5. The van der Waals surface area contributed by atoms with Gasteiger partial charge in [-0.1, -0.05) is 63.2 Å². The maximum absolute atomic E-state index is 6.00. The van der Waals surface area contributed by atoms with Crippen molar-refractivity contribution in [3.8, 4) is 5.75 Å². The molecule has 5 nitrogen and oxygen atoms in total. The van der Waals surface area contributed by atoms with E-state index < -0.39 is 0 Å². The maximum Gasteiger partial charge on any atom is 0.128 e. The van der Waals surface area contributed by atoms with Crippen molar-refractivity contribution in [2.75, 3.05) is 47.3 Å². The van der Waals surface area contributed by atoms with Gasteiger partial charge in [-0.05, 0) is 23.1 Å². The molecule has 0 aromatic heterocycles. The fraction of sp³-hybridized carbons (Fsp3) is 0.462. The predicted molar refractivity (Wildman–Crippen MR) is 124 cm³/mol. The Morgan fingerprint density at radius 3 is 2.19 bits per heavy atom. The summed E-state index contributed by atoms with van der Waals surface area (Å²) >= 11 is 0. The van der Waals surface area contributed by atoms with Crippen molar-refractivity contribution in [1.82, 2.24) is 0 Å². The highest BCUT2D eigenvalue weighted by atomic mass is 16.5. The first kappa shape index (κ1) is 24.9. The van der Waals surface area contributed by atoms with E-state index in [1.807, 2.05) is 42.5 Å². The molecule has 0 aliphatic rings. The second-order valence-corrected chi connectivity index (χ2v) is 8.22. The highest BCUT2D eigenvalue weighted by Gasteiger charge is 2.23. The average molecular weight is 429 g/mol. The quantitative estimate of drug-likeness (QED) is 0.318. The van der Waals surface area contributed by atoms with Crippen molar-refractivity contribution in [2.24, 2.45) is 5.41 Å². The van der Waals surface area contributed by atoms with Gasteiger partial charge >= 0.3 is 0 Å². The van der Waals surface area contributed by atoms with Crippen LogP contribution < -0.4 is 4.74 Å². The van der Waals surface area contributed by atoms with Gasteiger partial charge in [-0.15, -0.1) is 0 Å². The van der Waals surface area contributed by atoms with E-state index >= 15 is 0 Å². The average Bonchev–Trinajstić information content (AvgIpc) is 2.76. The number of benzene rings is 2. The molecule has 0 atom stereocenters. The second-order valence-electron chi connectivity index (χ2n) is 8.22. The molecule has 0 unspecified atom stereocenters. The Morgan fingerprint density at radius 2 is 1.52 bits per heavy atom. The Labute approximate surface area is 186 Å². The highest BCUT2D eigenvalue weighted by molar-refractivity contribution is 5.65. The molecule has 2 aromatic rings. The summed E-state index contributed by atoms with van der Waals surface area (Å²) in [6.07, 6.45) is 0. The van der Waals surface area contributed by atoms with Crippen LogP contribution in [-0.2, 0) is 25.6 Å². The van der Waals surface area contributed by atoms with E-state index in [2.05, 4.69) is 32.9 Å². The first-order chi connectivity index (χ1) is 15.0. The van der Waals surface area contributed by atoms with Gasteiger partial charge in [-0.2, -0.15) is 0 Å². The molecule has 31 heavy (non-hydrogen) atoms. The van der Waals surface area contributed by atoms with Crippen LogP contribution in [0.1, 0.15) is 31.9 Å². The SMILES string of the molecule is COCCOCCOCC(=C(OC)c1cccc(OCc2ccccc2)c1)C(C)(C)C. The van der Waals surface area contributed by atoms with Gasteiger partial charge < -0.3 is 23.7 Å².